The fourth-order valence-electron chi connectivity index (χ4n) is 1.63. The number of aromatic nitrogens is 2. The van der Waals surface area contributed by atoms with Crippen LogP contribution in [0.4, 0.5) is 5.13 Å². The molecule has 0 bridgehead atoms. The first-order valence-electron chi connectivity index (χ1n) is 6.48. The Morgan fingerprint density at radius 3 is 2.04 bits per heavy atom. The van der Waals surface area contributed by atoms with Gasteiger partial charge in [0.15, 0.2) is 15.8 Å². The molecule has 1 heterocycles. The summed E-state index contributed by atoms with van der Waals surface area (Å²) in [7, 11) is 4.81. The van der Waals surface area contributed by atoms with Gasteiger partial charge in [0.05, 0.1) is 21.3 Å². The van der Waals surface area contributed by atoms with Crippen LogP contribution in [0.3, 0.4) is 0 Å². The van der Waals surface area contributed by atoms with Crippen molar-refractivity contribution in [2.24, 2.45) is 0 Å². The van der Waals surface area contributed by atoms with Gasteiger partial charge < -0.3 is 19.5 Å². The Morgan fingerprint density at radius 2 is 1.70 bits per heavy atom. The highest BCUT2D eigenvalue weighted by Gasteiger charge is 2.10. The number of rotatable bonds is 4. The van der Waals surface area contributed by atoms with Crippen molar-refractivity contribution in [2.45, 2.75) is 18.2 Å². The second kappa shape index (κ2) is 9.21. The summed E-state index contributed by atoms with van der Waals surface area (Å²) in [5.74, 6) is 1.87. The molecular formula is C14H19N3O4S2. The van der Waals surface area contributed by atoms with Crippen molar-refractivity contribution in [3.63, 3.8) is 0 Å². The first-order valence-corrected chi connectivity index (χ1v) is 7.74. The van der Waals surface area contributed by atoms with Gasteiger partial charge in [-0.05, 0) is 24.6 Å². The summed E-state index contributed by atoms with van der Waals surface area (Å²) in [5, 5.41) is 10.2. The molecule has 0 saturated heterocycles. The van der Waals surface area contributed by atoms with Crippen LogP contribution in [0.5, 0.6) is 17.2 Å². The van der Waals surface area contributed by atoms with Gasteiger partial charge in [0.25, 0.3) is 0 Å². The summed E-state index contributed by atoms with van der Waals surface area (Å²) in [6, 6.07) is 3.81. The SMILES string of the molecule is CC(=O)Nc1nnc(S)s1.COc1cc(C)cc(OC)c1OC. The van der Waals surface area contributed by atoms with E-state index in [1.54, 1.807) is 21.3 Å². The molecule has 0 unspecified atom stereocenters. The van der Waals surface area contributed by atoms with Crippen molar-refractivity contribution >= 4 is 35.0 Å². The molecule has 23 heavy (non-hydrogen) atoms. The molecule has 0 spiro atoms. The minimum Gasteiger partial charge on any atom is -0.493 e. The highest BCUT2D eigenvalue weighted by Crippen LogP contribution is 2.37. The van der Waals surface area contributed by atoms with E-state index in [2.05, 4.69) is 28.1 Å². The van der Waals surface area contributed by atoms with Crippen LogP contribution in [0.25, 0.3) is 0 Å². The van der Waals surface area contributed by atoms with E-state index >= 15 is 0 Å². The van der Waals surface area contributed by atoms with Gasteiger partial charge >= 0.3 is 0 Å². The number of methoxy groups -OCH3 is 3. The number of benzene rings is 1. The number of carbonyl (C=O) groups excluding carboxylic acids is 1. The number of thiol groups is 1. The number of nitrogens with one attached hydrogen (secondary N) is 1. The van der Waals surface area contributed by atoms with Crippen molar-refractivity contribution in [2.75, 3.05) is 26.6 Å². The number of ether oxygens (including phenoxy) is 3. The van der Waals surface area contributed by atoms with Crippen molar-refractivity contribution in [1.82, 2.24) is 10.2 Å². The third-order valence-corrected chi connectivity index (χ3v) is 3.51. The van der Waals surface area contributed by atoms with Gasteiger partial charge in [-0.25, -0.2) is 0 Å². The largest absolute Gasteiger partial charge is 0.493 e. The summed E-state index contributed by atoms with van der Waals surface area (Å²) in [5.41, 5.74) is 1.08. The molecule has 0 aliphatic carbocycles. The normalized spacial score (nSPS) is 9.48. The lowest BCUT2D eigenvalue weighted by Crippen LogP contribution is -2.04. The zero-order chi connectivity index (χ0) is 17.4. The summed E-state index contributed by atoms with van der Waals surface area (Å²) < 4.78 is 16.0. The van der Waals surface area contributed by atoms with E-state index < -0.39 is 0 Å². The first-order chi connectivity index (χ1) is 10.9. The van der Waals surface area contributed by atoms with Gasteiger partial charge in [0.2, 0.25) is 16.8 Å². The highest BCUT2D eigenvalue weighted by atomic mass is 32.2. The Balaban J connectivity index is 0.000000238. The van der Waals surface area contributed by atoms with Crippen LogP contribution in [0.15, 0.2) is 16.5 Å². The van der Waals surface area contributed by atoms with E-state index in [0.717, 1.165) is 5.56 Å². The molecule has 1 aromatic carbocycles. The minimum absolute atomic E-state index is 0.149. The van der Waals surface area contributed by atoms with Crippen LogP contribution in [0.1, 0.15) is 12.5 Å². The molecule has 1 amide bonds. The van der Waals surface area contributed by atoms with Gasteiger partial charge in [-0.15, -0.1) is 22.8 Å². The predicted octanol–water partition coefficient (Wildman–Crippen LogP) is 2.81. The Kier molecular flexibility index (Phi) is 7.63. The highest BCUT2D eigenvalue weighted by molar-refractivity contribution is 7.82. The van der Waals surface area contributed by atoms with E-state index in [1.807, 2.05) is 19.1 Å². The molecule has 126 valence electrons. The van der Waals surface area contributed by atoms with Crippen LogP contribution >= 0.6 is 24.0 Å². The van der Waals surface area contributed by atoms with Crippen molar-refractivity contribution in [1.29, 1.82) is 0 Å². The molecule has 1 aromatic heterocycles. The monoisotopic (exact) mass is 357 g/mol. The molecule has 1 N–H and O–H groups in total. The number of aryl methyl sites for hydroxylation is 1. The number of nitrogens with zero attached hydrogens (tertiary/aromatic N) is 2. The zero-order valence-electron chi connectivity index (χ0n) is 13.5. The van der Waals surface area contributed by atoms with E-state index in [1.165, 1.54) is 18.3 Å². The lowest BCUT2D eigenvalue weighted by atomic mass is 10.2. The molecular weight excluding hydrogens is 338 g/mol. The van der Waals surface area contributed by atoms with Crippen molar-refractivity contribution in [3.8, 4) is 17.2 Å². The smallest absolute Gasteiger partial charge is 0.223 e. The van der Waals surface area contributed by atoms with Crippen LogP contribution < -0.4 is 19.5 Å². The average molecular weight is 357 g/mol. The molecule has 2 aromatic rings. The van der Waals surface area contributed by atoms with E-state index in [9.17, 15) is 4.79 Å². The van der Waals surface area contributed by atoms with Crippen molar-refractivity contribution < 1.29 is 19.0 Å². The molecule has 0 aliphatic rings. The molecule has 0 fully saturated rings. The number of carbonyl (C=O) groups is 1. The van der Waals surface area contributed by atoms with Gasteiger partial charge in [0.1, 0.15) is 0 Å². The molecule has 0 radical (unpaired) electrons. The van der Waals surface area contributed by atoms with Crippen LogP contribution in [0, 0.1) is 6.92 Å². The summed E-state index contributed by atoms with van der Waals surface area (Å²) in [4.78, 5) is 10.4. The molecule has 9 heteroatoms. The quantitative estimate of drug-likeness (QED) is 0.647. The number of anilines is 1. The fourth-order valence-corrected chi connectivity index (χ4v) is 2.46. The maximum atomic E-state index is 10.4. The van der Waals surface area contributed by atoms with Gasteiger partial charge in [-0.2, -0.15) is 0 Å². The van der Waals surface area contributed by atoms with E-state index in [0.29, 0.717) is 26.7 Å². The number of amides is 1. The number of hydrogen-bond donors (Lipinski definition) is 2. The molecule has 0 aliphatic heterocycles. The van der Waals surface area contributed by atoms with E-state index in [-0.39, 0.29) is 5.91 Å². The summed E-state index contributed by atoms with van der Waals surface area (Å²) in [6.45, 7) is 3.39. The lowest BCUT2D eigenvalue weighted by molar-refractivity contribution is -0.114. The second-order valence-electron chi connectivity index (χ2n) is 4.27. The Hall–Kier alpha value is -2.00. The van der Waals surface area contributed by atoms with Crippen LogP contribution in [-0.4, -0.2) is 37.4 Å². The molecule has 0 atom stereocenters. The van der Waals surface area contributed by atoms with Crippen molar-refractivity contribution in [3.05, 3.63) is 17.7 Å². The molecule has 2 rings (SSSR count). The second-order valence-corrected chi connectivity index (χ2v) is 5.98. The zero-order valence-corrected chi connectivity index (χ0v) is 15.2. The third kappa shape index (κ3) is 5.95. The first kappa shape index (κ1) is 19.0. The maximum absolute atomic E-state index is 10.4. The van der Waals surface area contributed by atoms with Gasteiger partial charge in [-0.1, -0.05) is 11.3 Å². The van der Waals surface area contributed by atoms with Crippen LogP contribution in [0.2, 0.25) is 0 Å². The minimum atomic E-state index is -0.149. The van der Waals surface area contributed by atoms with Crippen LogP contribution in [-0.2, 0) is 4.79 Å². The molecule has 0 saturated carbocycles. The fraction of sp³-hybridized carbons (Fsp3) is 0.357. The Morgan fingerprint density at radius 1 is 1.13 bits per heavy atom. The molecule has 7 nitrogen and oxygen atoms in total. The lowest BCUT2D eigenvalue weighted by Gasteiger charge is -2.12. The Bertz CT molecular complexity index is 636. The van der Waals surface area contributed by atoms with Gasteiger partial charge in [0, 0.05) is 6.92 Å². The Labute approximate surface area is 144 Å². The average Bonchev–Trinajstić information content (AvgIpc) is 2.91. The van der Waals surface area contributed by atoms with Gasteiger partial charge in [-0.3, -0.25) is 4.79 Å². The van der Waals surface area contributed by atoms with E-state index in [4.69, 9.17) is 14.2 Å². The maximum Gasteiger partial charge on any atom is 0.223 e. The third-order valence-electron chi connectivity index (χ3n) is 2.51. The summed E-state index contributed by atoms with van der Waals surface area (Å²) in [6.07, 6.45) is 0. The summed E-state index contributed by atoms with van der Waals surface area (Å²) >= 11 is 5.15. The number of hydrogen-bond acceptors (Lipinski definition) is 8. The predicted molar refractivity (Wildman–Crippen MR) is 92.3 cm³/mol. The standard InChI is InChI=1S/C10H14O3.C4H5N3OS2/c1-7-5-8(11-2)10(13-4)9(6-7)12-3;1-2(8)5-3-6-7-4(9)10-3/h5-6H,1-4H3;1H3,(H,7,9)(H,5,6,8). The topological polar surface area (TPSA) is 82.6 Å².